The molecule has 1 amide bonds. The van der Waals surface area contributed by atoms with Crippen molar-refractivity contribution in [2.24, 2.45) is 0 Å². The number of ether oxygens (including phenoxy) is 1. The van der Waals surface area contributed by atoms with Gasteiger partial charge in [-0.25, -0.2) is 9.97 Å². The molecule has 2 aromatic heterocycles. The highest BCUT2D eigenvalue weighted by molar-refractivity contribution is 5.73. The van der Waals surface area contributed by atoms with Gasteiger partial charge in [-0.05, 0) is 49.2 Å². The van der Waals surface area contributed by atoms with Crippen LogP contribution in [0.3, 0.4) is 0 Å². The molecule has 148 valence electrons. The summed E-state index contributed by atoms with van der Waals surface area (Å²) in [4.78, 5) is 26.6. The second-order valence-electron chi connectivity index (χ2n) is 6.99. The third kappa shape index (κ3) is 4.68. The fourth-order valence-corrected chi connectivity index (χ4v) is 3.47. The van der Waals surface area contributed by atoms with Crippen LogP contribution in [0.4, 0.5) is 11.5 Å². The van der Waals surface area contributed by atoms with E-state index in [9.17, 15) is 4.79 Å². The summed E-state index contributed by atoms with van der Waals surface area (Å²) >= 11 is 0. The van der Waals surface area contributed by atoms with Gasteiger partial charge < -0.3 is 15.0 Å². The minimum Gasteiger partial charge on any atom is -0.437 e. The summed E-state index contributed by atoms with van der Waals surface area (Å²) in [5.41, 5.74) is 1.78. The van der Waals surface area contributed by atoms with Crippen LogP contribution in [0.2, 0.25) is 0 Å². The number of nitrogens with one attached hydrogen (secondary N) is 1. The maximum Gasteiger partial charge on any atom is 0.241 e. The lowest BCUT2D eigenvalue weighted by atomic mass is 9.93. The number of carbonyl (C=O) groups excluding carboxylic acids is 1. The number of amides is 1. The zero-order valence-electron chi connectivity index (χ0n) is 16.3. The molecule has 7 heteroatoms. The van der Waals surface area contributed by atoms with Gasteiger partial charge in [-0.15, -0.1) is 0 Å². The summed E-state index contributed by atoms with van der Waals surface area (Å²) in [6, 6.07) is 13.4. The molecule has 0 saturated carbocycles. The van der Waals surface area contributed by atoms with E-state index >= 15 is 0 Å². The van der Waals surface area contributed by atoms with Gasteiger partial charge in [-0.2, -0.15) is 0 Å². The Morgan fingerprint density at radius 2 is 1.76 bits per heavy atom. The number of likely N-dealkylation sites (tertiary alicyclic amines) is 1. The largest absolute Gasteiger partial charge is 0.437 e. The molecule has 0 atom stereocenters. The summed E-state index contributed by atoms with van der Waals surface area (Å²) in [5, 5.41) is 3.24. The Kier molecular flexibility index (Phi) is 5.65. The third-order valence-electron chi connectivity index (χ3n) is 5.02. The molecule has 4 rings (SSSR count). The first-order valence-electron chi connectivity index (χ1n) is 9.71. The van der Waals surface area contributed by atoms with Crippen molar-refractivity contribution in [3.63, 3.8) is 0 Å². The van der Waals surface area contributed by atoms with E-state index in [2.05, 4.69) is 20.3 Å². The predicted molar refractivity (Wildman–Crippen MR) is 110 cm³/mol. The molecule has 0 bridgehead atoms. The Morgan fingerprint density at radius 1 is 1.00 bits per heavy atom. The monoisotopic (exact) mass is 389 g/mol. The first-order valence-corrected chi connectivity index (χ1v) is 9.71. The Balaban J connectivity index is 1.44. The lowest BCUT2D eigenvalue weighted by molar-refractivity contribution is -0.129. The van der Waals surface area contributed by atoms with E-state index < -0.39 is 0 Å². The lowest BCUT2D eigenvalue weighted by Gasteiger charge is -2.31. The number of pyridine rings is 1. The van der Waals surface area contributed by atoms with E-state index in [1.807, 2.05) is 47.4 Å². The molecule has 1 fully saturated rings. The minimum absolute atomic E-state index is 0.124. The van der Waals surface area contributed by atoms with Crippen molar-refractivity contribution in [3.05, 3.63) is 66.7 Å². The maximum absolute atomic E-state index is 11.6. The van der Waals surface area contributed by atoms with Gasteiger partial charge in [0, 0.05) is 50.2 Å². The summed E-state index contributed by atoms with van der Waals surface area (Å²) in [5.74, 6) is 2.37. The summed E-state index contributed by atoms with van der Waals surface area (Å²) in [6.07, 6.45) is 6.80. The normalized spacial score (nSPS) is 14.4. The van der Waals surface area contributed by atoms with Crippen LogP contribution < -0.4 is 10.1 Å². The van der Waals surface area contributed by atoms with E-state index in [0.717, 1.165) is 43.1 Å². The van der Waals surface area contributed by atoms with Crippen molar-refractivity contribution in [2.45, 2.75) is 25.7 Å². The molecule has 1 aliphatic rings. The van der Waals surface area contributed by atoms with Crippen LogP contribution in [0.5, 0.6) is 11.6 Å². The number of carbonyl (C=O) groups is 1. The molecule has 3 heterocycles. The van der Waals surface area contributed by atoms with Gasteiger partial charge in [0.15, 0.2) is 0 Å². The Labute approximate surface area is 169 Å². The van der Waals surface area contributed by atoms with E-state index in [4.69, 9.17) is 4.74 Å². The van der Waals surface area contributed by atoms with Gasteiger partial charge >= 0.3 is 0 Å². The molecular formula is C22H23N5O2. The molecule has 1 aliphatic heterocycles. The molecule has 0 radical (unpaired) electrons. The van der Waals surface area contributed by atoms with Crippen molar-refractivity contribution in [2.75, 3.05) is 18.4 Å². The SMILES string of the molecule is CC(=O)N1CCC(c2nccnc2Oc2ccc(Nc3ccccn3)cc2)CC1. The van der Waals surface area contributed by atoms with Crippen molar-refractivity contribution in [1.29, 1.82) is 0 Å². The zero-order chi connectivity index (χ0) is 20.1. The van der Waals surface area contributed by atoms with E-state index in [0.29, 0.717) is 11.6 Å². The minimum atomic E-state index is 0.124. The summed E-state index contributed by atoms with van der Waals surface area (Å²) in [6.45, 7) is 3.09. The molecular weight excluding hydrogens is 366 g/mol. The van der Waals surface area contributed by atoms with Crippen molar-refractivity contribution in [3.8, 4) is 11.6 Å². The highest BCUT2D eigenvalue weighted by Gasteiger charge is 2.26. The molecule has 1 aromatic carbocycles. The second kappa shape index (κ2) is 8.68. The van der Waals surface area contributed by atoms with Crippen LogP contribution in [-0.2, 0) is 4.79 Å². The van der Waals surface area contributed by atoms with E-state index in [-0.39, 0.29) is 11.8 Å². The Bertz CT molecular complexity index is 954. The van der Waals surface area contributed by atoms with Crippen LogP contribution in [0.25, 0.3) is 0 Å². The number of rotatable bonds is 5. The van der Waals surface area contributed by atoms with Crippen LogP contribution in [0.1, 0.15) is 31.4 Å². The lowest BCUT2D eigenvalue weighted by Crippen LogP contribution is -2.36. The summed E-state index contributed by atoms with van der Waals surface area (Å²) in [7, 11) is 0. The van der Waals surface area contributed by atoms with Crippen LogP contribution >= 0.6 is 0 Å². The van der Waals surface area contributed by atoms with E-state index in [1.165, 1.54) is 0 Å². The molecule has 29 heavy (non-hydrogen) atoms. The van der Waals surface area contributed by atoms with E-state index in [1.54, 1.807) is 25.5 Å². The Morgan fingerprint density at radius 3 is 2.45 bits per heavy atom. The average Bonchev–Trinajstić information content (AvgIpc) is 2.76. The molecule has 0 spiro atoms. The molecule has 0 aliphatic carbocycles. The Hall–Kier alpha value is -3.48. The standard InChI is InChI=1S/C22H23N5O2/c1-16(28)27-14-9-17(10-15-27)21-22(25-13-12-24-21)29-19-7-5-18(6-8-19)26-20-4-2-3-11-23-20/h2-8,11-13,17H,9-10,14-15H2,1H3,(H,23,26). The fourth-order valence-electron chi connectivity index (χ4n) is 3.47. The van der Waals surface area contributed by atoms with Gasteiger partial charge in [0.1, 0.15) is 17.3 Å². The number of nitrogens with zero attached hydrogens (tertiary/aromatic N) is 4. The summed E-state index contributed by atoms with van der Waals surface area (Å²) < 4.78 is 6.04. The van der Waals surface area contributed by atoms with Gasteiger partial charge in [0.25, 0.3) is 0 Å². The van der Waals surface area contributed by atoms with Crippen LogP contribution in [0.15, 0.2) is 61.1 Å². The van der Waals surface area contributed by atoms with Crippen molar-refractivity contribution >= 4 is 17.4 Å². The molecule has 3 aromatic rings. The van der Waals surface area contributed by atoms with Crippen LogP contribution in [-0.4, -0.2) is 38.8 Å². The fraction of sp³-hybridized carbons (Fsp3) is 0.273. The molecule has 7 nitrogen and oxygen atoms in total. The first-order chi connectivity index (χ1) is 14.2. The predicted octanol–water partition coefficient (Wildman–Crippen LogP) is 4.13. The van der Waals surface area contributed by atoms with Gasteiger partial charge in [0.05, 0.1) is 0 Å². The van der Waals surface area contributed by atoms with Crippen LogP contribution in [0, 0.1) is 0 Å². The maximum atomic E-state index is 11.6. The van der Waals surface area contributed by atoms with Crippen molar-refractivity contribution in [1.82, 2.24) is 19.9 Å². The highest BCUT2D eigenvalue weighted by Crippen LogP contribution is 2.33. The molecule has 1 N–H and O–H groups in total. The van der Waals surface area contributed by atoms with Gasteiger partial charge in [-0.3, -0.25) is 9.78 Å². The molecule has 0 unspecified atom stereocenters. The number of aromatic nitrogens is 3. The van der Waals surface area contributed by atoms with Gasteiger partial charge in [-0.1, -0.05) is 6.07 Å². The number of piperidine rings is 1. The highest BCUT2D eigenvalue weighted by atomic mass is 16.5. The number of anilines is 2. The number of hydrogen-bond donors (Lipinski definition) is 1. The topological polar surface area (TPSA) is 80.2 Å². The smallest absolute Gasteiger partial charge is 0.241 e. The second-order valence-corrected chi connectivity index (χ2v) is 6.99. The quantitative estimate of drug-likeness (QED) is 0.707. The first kappa shape index (κ1) is 18.9. The van der Waals surface area contributed by atoms with Gasteiger partial charge in [0.2, 0.25) is 11.8 Å². The third-order valence-corrected chi connectivity index (χ3v) is 5.02. The number of benzene rings is 1. The number of hydrogen-bond acceptors (Lipinski definition) is 6. The molecule has 1 saturated heterocycles. The average molecular weight is 389 g/mol. The zero-order valence-corrected chi connectivity index (χ0v) is 16.3. The van der Waals surface area contributed by atoms with Crippen molar-refractivity contribution < 1.29 is 9.53 Å².